The fourth-order valence-electron chi connectivity index (χ4n) is 3.38. The maximum atomic E-state index is 13.0. The molecule has 0 amide bonds. The van der Waals surface area contributed by atoms with Crippen molar-refractivity contribution >= 4 is 5.96 Å². The van der Waals surface area contributed by atoms with E-state index in [1.807, 2.05) is 0 Å². The van der Waals surface area contributed by atoms with Gasteiger partial charge in [0.15, 0.2) is 11.7 Å². The summed E-state index contributed by atoms with van der Waals surface area (Å²) in [6.45, 7) is 7.99. The molecule has 2 heterocycles. The van der Waals surface area contributed by atoms with Crippen LogP contribution in [0.5, 0.6) is 0 Å². The Morgan fingerprint density at radius 3 is 2.64 bits per heavy atom. The quantitative estimate of drug-likeness (QED) is 0.644. The van der Waals surface area contributed by atoms with Gasteiger partial charge in [0, 0.05) is 51.5 Å². The molecule has 25 heavy (non-hydrogen) atoms. The van der Waals surface area contributed by atoms with Crippen LogP contribution in [0, 0.1) is 0 Å². The third-order valence-corrected chi connectivity index (χ3v) is 4.61. The van der Waals surface area contributed by atoms with E-state index in [1.54, 1.807) is 7.05 Å². The Hall–Kier alpha value is -1.77. The molecule has 2 rings (SSSR count). The van der Waals surface area contributed by atoms with E-state index in [2.05, 4.69) is 39.1 Å². The summed E-state index contributed by atoms with van der Waals surface area (Å²) in [5.41, 5.74) is -0.726. The van der Waals surface area contributed by atoms with Gasteiger partial charge in [0.2, 0.25) is 0 Å². The number of rotatable bonds is 5. The Labute approximate surface area is 146 Å². The predicted octanol–water partition coefficient (Wildman–Crippen LogP) is 1.93. The van der Waals surface area contributed by atoms with Crippen molar-refractivity contribution in [3.05, 3.63) is 17.5 Å². The number of likely N-dealkylation sites (tertiary alicyclic amines) is 1. The summed E-state index contributed by atoms with van der Waals surface area (Å²) in [6, 6.07) is 0.456. The molecule has 1 saturated heterocycles. The minimum Gasteiger partial charge on any atom is -0.352 e. The number of aliphatic imine (C=N–C) groups is 1. The highest BCUT2D eigenvalue weighted by Gasteiger charge is 2.37. The molecule has 142 valence electrons. The summed E-state index contributed by atoms with van der Waals surface area (Å²) >= 11 is 0. The second-order valence-electron chi connectivity index (χ2n) is 6.18. The molecule has 0 saturated carbocycles. The Bertz CT molecular complexity index is 591. The highest BCUT2D eigenvalue weighted by Crippen LogP contribution is 2.30. The minimum absolute atomic E-state index is 0.0434. The van der Waals surface area contributed by atoms with Crippen LogP contribution >= 0.6 is 0 Å². The van der Waals surface area contributed by atoms with Crippen molar-refractivity contribution in [3.8, 4) is 0 Å². The molecule has 0 spiro atoms. The van der Waals surface area contributed by atoms with Gasteiger partial charge in [-0.25, -0.2) is 0 Å². The highest BCUT2D eigenvalue weighted by atomic mass is 19.4. The number of aromatic nitrogens is 2. The van der Waals surface area contributed by atoms with E-state index in [1.165, 1.54) is 17.9 Å². The number of hydrogen-bond donors (Lipinski definition) is 1. The van der Waals surface area contributed by atoms with Gasteiger partial charge in [-0.15, -0.1) is 0 Å². The van der Waals surface area contributed by atoms with E-state index < -0.39 is 11.9 Å². The lowest BCUT2D eigenvalue weighted by molar-refractivity contribution is -0.142. The number of aryl methyl sites for hydroxylation is 1. The zero-order chi connectivity index (χ0) is 18.6. The van der Waals surface area contributed by atoms with Gasteiger partial charge >= 0.3 is 6.18 Å². The van der Waals surface area contributed by atoms with Crippen LogP contribution in [-0.2, 0) is 19.8 Å². The monoisotopic (exact) mass is 360 g/mol. The van der Waals surface area contributed by atoms with Crippen LogP contribution in [-0.4, -0.2) is 64.8 Å². The lowest BCUT2D eigenvalue weighted by atomic mass is 10.2. The Kier molecular flexibility index (Phi) is 6.31. The van der Waals surface area contributed by atoms with Crippen molar-refractivity contribution in [2.75, 3.05) is 33.2 Å². The maximum Gasteiger partial charge on any atom is 0.435 e. The van der Waals surface area contributed by atoms with Gasteiger partial charge in [-0.3, -0.25) is 14.6 Å². The number of likely N-dealkylation sites (N-methyl/N-ethyl adjacent to an activating group) is 1. The standard InChI is InChI=1S/C16H27F3N6/c1-5-24(6-2)13-7-8-25(11-13)15(20-3)21-9-12-10-23(4)22-14(12)16(17,18)19/h10,13H,5-9,11H2,1-4H3,(H,20,21). The summed E-state index contributed by atoms with van der Waals surface area (Å²) in [7, 11) is 3.14. The third kappa shape index (κ3) is 4.65. The third-order valence-electron chi connectivity index (χ3n) is 4.61. The van der Waals surface area contributed by atoms with Crippen molar-refractivity contribution < 1.29 is 13.2 Å². The molecule has 0 bridgehead atoms. The molecule has 9 heteroatoms. The van der Waals surface area contributed by atoms with E-state index in [4.69, 9.17) is 0 Å². The molecule has 1 aromatic rings. The second-order valence-corrected chi connectivity index (χ2v) is 6.18. The number of hydrogen-bond acceptors (Lipinski definition) is 3. The first-order valence-corrected chi connectivity index (χ1v) is 8.59. The number of alkyl halides is 3. The molecule has 1 N–H and O–H groups in total. The molecule has 1 aliphatic rings. The zero-order valence-corrected chi connectivity index (χ0v) is 15.3. The summed E-state index contributed by atoms with van der Waals surface area (Å²) < 4.78 is 40.3. The van der Waals surface area contributed by atoms with E-state index in [0.29, 0.717) is 12.0 Å². The smallest absolute Gasteiger partial charge is 0.352 e. The molecule has 0 radical (unpaired) electrons. The lowest BCUT2D eigenvalue weighted by Crippen LogP contribution is -2.43. The average molecular weight is 360 g/mol. The first-order valence-electron chi connectivity index (χ1n) is 8.59. The average Bonchev–Trinajstić information content (AvgIpc) is 3.16. The molecule has 1 aromatic heterocycles. The number of guanidine groups is 1. The van der Waals surface area contributed by atoms with Crippen molar-refractivity contribution in [3.63, 3.8) is 0 Å². The van der Waals surface area contributed by atoms with Crippen LogP contribution in [0.3, 0.4) is 0 Å². The maximum absolute atomic E-state index is 13.0. The van der Waals surface area contributed by atoms with Gasteiger partial charge in [-0.1, -0.05) is 13.8 Å². The van der Waals surface area contributed by atoms with Gasteiger partial charge in [-0.05, 0) is 19.5 Å². The molecular weight excluding hydrogens is 333 g/mol. The molecular formula is C16H27F3N6. The normalized spacial score (nSPS) is 19.1. The van der Waals surface area contributed by atoms with Crippen LogP contribution in [0.15, 0.2) is 11.2 Å². The SMILES string of the molecule is CCN(CC)C1CCN(C(=NC)NCc2cn(C)nc2C(F)(F)F)C1. The summed E-state index contributed by atoms with van der Waals surface area (Å²) in [5, 5.41) is 6.59. The second kappa shape index (κ2) is 8.07. The van der Waals surface area contributed by atoms with E-state index in [0.717, 1.165) is 32.6 Å². The molecule has 0 aliphatic carbocycles. The minimum atomic E-state index is -4.46. The van der Waals surface area contributed by atoms with E-state index >= 15 is 0 Å². The summed E-state index contributed by atoms with van der Waals surface area (Å²) in [5.74, 6) is 0.631. The van der Waals surface area contributed by atoms with Crippen LogP contribution in [0.4, 0.5) is 13.2 Å². The van der Waals surface area contributed by atoms with Gasteiger partial charge in [0.05, 0.1) is 0 Å². The fourth-order valence-corrected chi connectivity index (χ4v) is 3.38. The number of nitrogens with one attached hydrogen (secondary N) is 1. The molecule has 1 aliphatic heterocycles. The van der Waals surface area contributed by atoms with Crippen molar-refractivity contribution in [2.24, 2.45) is 12.0 Å². The van der Waals surface area contributed by atoms with Gasteiger partial charge in [0.25, 0.3) is 0 Å². The van der Waals surface area contributed by atoms with Crippen LogP contribution in [0.2, 0.25) is 0 Å². The molecule has 0 aromatic carbocycles. The topological polar surface area (TPSA) is 48.7 Å². The van der Waals surface area contributed by atoms with Crippen molar-refractivity contribution in [1.82, 2.24) is 24.9 Å². The molecule has 1 fully saturated rings. The molecule has 1 unspecified atom stereocenters. The fraction of sp³-hybridized carbons (Fsp3) is 0.750. The Morgan fingerprint density at radius 1 is 1.40 bits per heavy atom. The lowest BCUT2D eigenvalue weighted by Gasteiger charge is -2.27. The Balaban J connectivity index is 2.01. The van der Waals surface area contributed by atoms with Crippen LogP contribution in [0.25, 0.3) is 0 Å². The van der Waals surface area contributed by atoms with Crippen LogP contribution < -0.4 is 5.32 Å². The first-order chi connectivity index (χ1) is 11.8. The highest BCUT2D eigenvalue weighted by molar-refractivity contribution is 5.80. The van der Waals surface area contributed by atoms with Gasteiger partial charge < -0.3 is 10.2 Å². The van der Waals surface area contributed by atoms with E-state index in [-0.39, 0.29) is 12.1 Å². The zero-order valence-electron chi connectivity index (χ0n) is 15.3. The Morgan fingerprint density at radius 2 is 2.08 bits per heavy atom. The van der Waals surface area contributed by atoms with E-state index in [9.17, 15) is 13.2 Å². The first kappa shape index (κ1) is 19.6. The summed E-state index contributed by atoms with van der Waals surface area (Å²) in [4.78, 5) is 8.74. The van der Waals surface area contributed by atoms with Gasteiger partial charge in [-0.2, -0.15) is 18.3 Å². The van der Waals surface area contributed by atoms with Crippen molar-refractivity contribution in [1.29, 1.82) is 0 Å². The number of nitrogens with zero attached hydrogens (tertiary/aromatic N) is 5. The molecule has 6 nitrogen and oxygen atoms in total. The van der Waals surface area contributed by atoms with Gasteiger partial charge in [0.1, 0.15) is 0 Å². The molecule has 1 atom stereocenters. The number of halogens is 3. The predicted molar refractivity (Wildman–Crippen MR) is 91.3 cm³/mol. The van der Waals surface area contributed by atoms with Crippen LogP contribution in [0.1, 0.15) is 31.5 Å². The van der Waals surface area contributed by atoms with Crippen molar-refractivity contribution in [2.45, 2.75) is 39.0 Å². The largest absolute Gasteiger partial charge is 0.435 e. The summed E-state index contributed by atoms with van der Waals surface area (Å²) in [6.07, 6.45) is -2.03.